The number of aromatic nitrogens is 1. The van der Waals surface area contributed by atoms with Gasteiger partial charge in [-0.05, 0) is 18.6 Å². The van der Waals surface area contributed by atoms with Gasteiger partial charge in [-0.15, -0.1) is 0 Å². The minimum absolute atomic E-state index is 0.0220. The summed E-state index contributed by atoms with van der Waals surface area (Å²) in [6.45, 7) is 3.24. The number of aliphatic hydroxyl groups excluding tert-OH is 1. The molecular formula is C12H16N2O2. The van der Waals surface area contributed by atoms with Crippen LogP contribution >= 0.6 is 0 Å². The van der Waals surface area contributed by atoms with Gasteiger partial charge in [0, 0.05) is 37.3 Å². The van der Waals surface area contributed by atoms with E-state index in [1.165, 1.54) is 0 Å². The Labute approximate surface area is 94.9 Å². The third-order valence-electron chi connectivity index (χ3n) is 2.87. The molecule has 2 heterocycles. The summed E-state index contributed by atoms with van der Waals surface area (Å²) in [4.78, 5) is 17.9. The summed E-state index contributed by atoms with van der Waals surface area (Å²) in [5.74, 6) is 0.0220. The highest BCUT2D eigenvalue weighted by Gasteiger charge is 2.20. The monoisotopic (exact) mass is 220 g/mol. The van der Waals surface area contributed by atoms with E-state index in [1.54, 1.807) is 4.90 Å². The highest BCUT2D eigenvalue weighted by Crippen LogP contribution is 2.17. The number of hydrogen-bond donors (Lipinski definition) is 1. The van der Waals surface area contributed by atoms with Gasteiger partial charge in [0.05, 0.1) is 6.61 Å². The molecule has 0 saturated heterocycles. The molecule has 0 aliphatic carbocycles. The van der Waals surface area contributed by atoms with Crippen LogP contribution in [0.4, 0.5) is 0 Å². The molecule has 1 N–H and O–H groups in total. The Morgan fingerprint density at radius 1 is 1.56 bits per heavy atom. The Morgan fingerprint density at radius 3 is 3.12 bits per heavy atom. The van der Waals surface area contributed by atoms with Crippen LogP contribution < -0.4 is 0 Å². The van der Waals surface area contributed by atoms with Crippen LogP contribution in [0, 0.1) is 6.92 Å². The molecule has 0 aromatic carbocycles. The molecule has 4 heteroatoms. The van der Waals surface area contributed by atoms with Gasteiger partial charge in [-0.3, -0.25) is 9.78 Å². The quantitative estimate of drug-likeness (QED) is 0.796. The number of aryl methyl sites for hydroxylation is 1. The number of carbonyl (C=O) groups excluding carboxylic acids is 1. The van der Waals surface area contributed by atoms with Crippen molar-refractivity contribution in [2.75, 3.05) is 13.2 Å². The number of carbonyl (C=O) groups is 1. The molecule has 1 aliphatic heterocycles. The Hall–Kier alpha value is -1.42. The Balaban J connectivity index is 2.12. The predicted octanol–water partition coefficient (Wildman–Crippen LogP) is 0.657. The topological polar surface area (TPSA) is 53.4 Å². The fourth-order valence-electron chi connectivity index (χ4n) is 1.99. The molecule has 0 spiro atoms. The van der Waals surface area contributed by atoms with Gasteiger partial charge in [0.2, 0.25) is 5.91 Å². The van der Waals surface area contributed by atoms with Crippen LogP contribution in [0.3, 0.4) is 0 Å². The number of pyridine rings is 1. The number of aliphatic hydroxyl groups is 1. The van der Waals surface area contributed by atoms with E-state index < -0.39 is 0 Å². The van der Waals surface area contributed by atoms with E-state index in [9.17, 15) is 4.79 Å². The van der Waals surface area contributed by atoms with E-state index in [1.807, 2.05) is 19.1 Å². The zero-order valence-electron chi connectivity index (χ0n) is 9.44. The Kier molecular flexibility index (Phi) is 3.19. The second-order valence-electron chi connectivity index (χ2n) is 4.10. The molecule has 0 radical (unpaired) electrons. The number of fused-ring (bicyclic) bond motifs is 1. The van der Waals surface area contributed by atoms with Crippen molar-refractivity contribution in [3.05, 3.63) is 29.1 Å². The van der Waals surface area contributed by atoms with E-state index in [-0.39, 0.29) is 18.9 Å². The first kappa shape index (κ1) is 11.1. The Bertz CT molecular complexity index is 404. The maximum Gasteiger partial charge on any atom is 0.225 e. The first-order valence-corrected chi connectivity index (χ1v) is 5.54. The van der Waals surface area contributed by atoms with Crippen LogP contribution in [0.2, 0.25) is 0 Å². The molecule has 0 unspecified atom stereocenters. The summed E-state index contributed by atoms with van der Waals surface area (Å²) < 4.78 is 0. The van der Waals surface area contributed by atoms with Crippen molar-refractivity contribution in [3.63, 3.8) is 0 Å². The first-order chi connectivity index (χ1) is 7.70. The average Bonchev–Trinajstić information content (AvgIpc) is 2.28. The highest BCUT2D eigenvalue weighted by atomic mass is 16.3. The van der Waals surface area contributed by atoms with Gasteiger partial charge in [-0.25, -0.2) is 0 Å². The molecule has 1 amide bonds. The van der Waals surface area contributed by atoms with Gasteiger partial charge in [0.25, 0.3) is 0 Å². The predicted molar refractivity (Wildman–Crippen MR) is 59.8 cm³/mol. The van der Waals surface area contributed by atoms with Gasteiger partial charge in [0.15, 0.2) is 0 Å². The number of nitrogens with zero attached hydrogens (tertiary/aromatic N) is 2. The standard InChI is InChI=1S/C12H16N2O2/c1-9-2-3-10-8-14(12(16)5-7-15)6-4-11(10)13-9/h2-3,15H,4-8H2,1H3. The molecule has 86 valence electrons. The molecule has 1 aromatic rings. The van der Waals surface area contributed by atoms with Crippen LogP contribution in [-0.4, -0.2) is 34.0 Å². The lowest BCUT2D eigenvalue weighted by atomic mass is 10.0. The lowest BCUT2D eigenvalue weighted by Crippen LogP contribution is -2.36. The second kappa shape index (κ2) is 4.61. The second-order valence-corrected chi connectivity index (χ2v) is 4.10. The van der Waals surface area contributed by atoms with Crippen molar-refractivity contribution >= 4 is 5.91 Å². The zero-order valence-corrected chi connectivity index (χ0v) is 9.44. The Morgan fingerprint density at radius 2 is 2.38 bits per heavy atom. The molecule has 0 bridgehead atoms. The van der Waals surface area contributed by atoms with E-state index in [4.69, 9.17) is 5.11 Å². The summed E-state index contributed by atoms with van der Waals surface area (Å²) in [5, 5.41) is 8.74. The van der Waals surface area contributed by atoms with Crippen LogP contribution in [0.25, 0.3) is 0 Å². The summed E-state index contributed by atoms with van der Waals surface area (Å²) in [7, 11) is 0. The van der Waals surface area contributed by atoms with Crippen LogP contribution in [0.1, 0.15) is 23.4 Å². The van der Waals surface area contributed by atoms with E-state index >= 15 is 0 Å². The van der Waals surface area contributed by atoms with Crippen molar-refractivity contribution < 1.29 is 9.90 Å². The van der Waals surface area contributed by atoms with Crippen molar-refractivity contribution in [3.8, 4) is 0 Å². The molecular weight excluding hydrogens is 204 g/mol. The largest absolute Gasteiger partial charge is 0.396 e. The first-order valence-electron chi connectivity index (χ1n) is 5.54. The minimum Gasteiger partial charge on any atom is -0.396 e. The van der Waals surface area contributed by atoms with Gasteiger partial charge in [-0.1, -0.05) is 6.07 Å². The summed E-state index contributed by atoms with van der Waals surface area (Å²) in [6, 6.07) is 4.01. The fourth-order valence-corrected chi connectivity index (χ4v) is 1.99. The van der Waals surface area contributed by atoms with Crippen molar-refractivity contribution in [1.82, 2.24) is 9.88 Å². The number of amides is 1. The maximum atomic E-state index is 11.6. The summed E-state index contributed by atoms with van der Waals surface area (Å²) in [6.07, 6.45) is 1.03. The molecule has 2 rings (SSSR count). The van der Waals surface area contributed by atoms with Gasteiger partial charge in [0.1, 0.15) is 0 Å². The van der Waals surface area contributed by atoms with Crippen molar-refractivity contribution in [1.29, 1.82) is 0 Å². The lowest BCUT2D eigenvalue weighted by Gasteiger charge is -2.28. The third-order valence-corrected chi connectivity index (χ3v) is 2.87. The average molecular weight is 220 g/mol. The highest BCUT2D eigenvalue weighted by molar-refractivity contribution is 5.76. The summed E-state index contributed by atoms with van der Waals surface area (Å²) >= 11 is 0. The van der Waals surface area contributed by atoms with Gasteiger partial charge >= 0.3 is 0 Å². The molecule has 16 heavy (non-hydrogen) atoms. The zero-order chi connectivity index (χ0) is 11.5. The molecule has 4 nitrogen and oxygen atoms in total. The fraction of sp³-hybridized carbons (Fsp3) is 0.500. The minimum atomic E-state index is -0.0751. The van der Waals surface area contributed by atoms with E-state index in [0.29, 0.717) is 13.1 Å². The number of rotatable bonds is 2. The molecule has 1 aliphatic rings. The molecule has 0 atom stereocenters. The van der Waals surface area contributed by atoms with Crippen molar-refractivity contribution in [2.24, 2.45) is 0 Å². The molecule has 1 aromatic heterocycles. The molecule has 0 fully saturated rings. The van der Waals surface area contributed by atoms with Gasteiger partial charge in [-0.2, -0.15) is 0 Å². The van der Waals surface area contributed by atoms with Crippen LogP contribution in [0.15, 0.2) is 12.1 Å². The summed E-state index contributed by atoms with van der Waals surface area (Å²) in [5.41, 5.74) is 3.25. The third kappa shape index (κ3) is 2.22. The normalized spacial score (nSPS) is 14.8. The van der Waals surface area contributed by atoms with Crippen molar-refractivity contribution in [2.45, 2.75) is 26.3 Å². The maximum absolute atomic E-state index is 11.6. The smallest absolute Gasteiger partial charge is 0.225 e. The van der Waals surface area contributed by atoms with E-state index in [0.717, 1.165) is 23.4 Å². The lowest BCUT2D eigenvalue weighted by molar-refractivity contribution is -0.132. The molecule has 0 saturated carbocycles. The SMILES string of the molecule is Cc1ccc2c(n1)CCN(C(=O)CCO)C2. The van der Waals surface area contributed by atoms with Crippen LogP contribution in [0.5, 0.6) is 0 Å². The van der Waals surface area contributed by atoms with Gasteiger partial charge < -0.3 is 10.0 Å². The van der Waals surface area contributed by atoms with E-state index in [2.05, 4.69) is 4.98 Å². The number of hydrogen-bond acceptors (Lipinski definition) is 3. The van der Waals surface area contributed by atoms with Crippen LogP contribution in [-0.2, 0) is 17.8 Å².